The predicted molar refractivity (Wildman–Crippen MR) is 73.1 cm³/mol. The van der Waals surface area contributed by atoms with E-state index in [9.17, 15) is 10.1 Å². The maximum absolute atomic E-state index is 11.0. The van der Waals surface area contributed by atoms with Gasteiger partial charge in [0.25, 0.3) is 0 Å². The highest BCUT2D eigenvalue weighted by atomic mass is 127. The van der Waals surface area contributed by atoms with Crippen LogP contribution in [0.5, 0.6) is 0 Å². The summed E-state index contributed by atoms with van der Waals surface area (Å²) >= 11 is 2.07. The number of fused-ring (bicyclic) bond motifs is 3. The normalized spacial score (nSPS) is 11.1. The van der Waals surface area contributed by atoms with Crippen molar-refractivity contribution in [3.63, 3.8) is 0 Å². The number of hydrogen-bond donors (Lipinski definition) is 0. The monoisotopic (exact) mass is 339 g/mol. The Labute approximate surface area is 110 Å². The maximum Gasteiger partial charge on any atom is 0.313 e. The first kappa shape index (κ1) is 10.5. The van der Waals surface area contributed by atoms with Crippen LogP contribution in [0.3, 0.4) is 0 Å². The minimum Gasteiger partial charge on any atom is -0.449 e. The van der Waals surface area contributed by atoms with E-state index in [0.29, 0.717) is 11.2 Å². The molecule has 1 aromatic heterocycles. The zero-order chi connectivity index (χ0) is 12.0. The van der Waals surface area contributed by atoms with Gasteiger partial charge >= 0.3 is 5.69 Å². The quantitative estimate of drug-likeness (QED) is 0.381. The largest absolute Gasteiger partial charge is 0.449 e. The fourth-order valence-electron chi connectivity index (χ4n) is 1.91. The number of benzene rings is 2. The minimum absolute atomic E-state index is 0.0168. The molecule has 0 fully saturated rings. The summed E-state index contributed by atoms with van der Waals surface area (Å²) < 4.78 is 6.38. The third-order valence-corrected chi connectivity index (χ3v) is 3.24. The molecule has 0 aliphatic rings. The van der Waals surface area contributed by atoms with Crippen molar-refractivity contribution in [1.29, 1.82) is 0 Å². The molecule has 0 aliphatic carbocycles. The minimum atomic E-state index is -0.410. The number of nitrogens with zero attached hydrogens (tertiary/aromatic N) is 1. The smallest absolute Gasteiger partial charge is 0.313 e. The third-order valence-electron chi connectivity index (χ3n) is 2.62. The number of nitro groups is 1. The molecule has 0 saturated carbocycles. The van der Waals surface area contributed by atoms with Gasteiger partial charge in [0, 0.05) is 20.4 Å². The Morgan fingerprint density at radius 2 is 1.94 bits per heavy atom. The second-order valence-electron chi connectivity index (χ2n) is 3.66. The van der Waals surface area contributed by atoms with Crippen molar-refractivity contribution >= 4 is 50.2 Å². The summed E-state index contributed by atoms with van der Waals surface area (Å²) in [6.45, 7) is 0. The molecule has 0 atom stereocenters. The summed E-state index contributed by atoms with van der Waals surface area (Å²) in [5.74, 6) is 0. The van der Waals surface area contributed by atoms with Gasteiger partial charge in [-0.2, -0.15) is 0 Å². The van der Waals surface area contributed by atoms with Gasteiger partial charge in [0.15, 0.2) is 0 Å². The molecule has 1 heterocycles. The molecule has 0 aliphatic heterocycles. The predicted octanol–water partition coefficient (Wildman–Crippen LogP) is 4.10. The number of furan rings is 1. The molecular weight excluding hydrogens is 333 g/mol. The van der Waals surface area contributed by atoms with Crippen molar-refractivity contribution in [3.05, 3.63) is 50.1 Å². The number of nitro benzene ring substituents is 1. The first-order valence-corrected chi connectivity index (χ1v) is 6.00. The molecule has 84 valence electrons. The van der Waals surface area contributed by atoms with E-state index in [1.807, 2.05) is 30.3 Å². The number of hydrogen-bond acceptors (Lipinski definition) is 3. The topological polar surface area (TPSA) is 56.3 Å². The van der Waals surface area contributed by atoms with E-state index in [4.69, 9.17) is 4.42 Å². The number of para-hydroxylation sites is 1. The molecular formula is C12H6INO3. The Bertz CT molecular complexity index is 748. The maximum atomic E-state index is 11.0. The summed E-state index contributed by atoms with van der Waals surface area (Å²) in [4.78, 5) is 10.6. The molecule has 0 spiro atoms. The molecule has 0 saturated heterocycles. The fourth-order valence-corrected chi connectivity index (χ4v) is 2.52. The third kappa shape index (κ3) is 1.57. The van der Waals surface area contributed by atoms with Gasteiger partial charge in [-0.05, 0) is 34.7 Å². The van der Waals surface area contributed by atoms with Crippen molar-refractivity contribution in [1.82, 2.24) is 0 Å². The Kier molecular flexibility index (Phi) is 2.29. The van der Waals surface area contributed by atoms with Crippen LogP contribution < -0.4 is 0 Å². The number of halogens is 1. The molecule has 0 unspecified atom stereocenters. The van der Waals surface area contributed by atoms with Crippen molar-refractivity contribution < 1.29 is 9.34 Å². The van der Waals surface area contributed by atoms with E-state index < -0.39 is 4.92 Å². The van der Waals surface area contributed by atoms with E-state index >= 15 is 0 Å². The molecule has 0 amide bonds. The highest BCUT2D eigenvalue weighted by Gasteiger charge is 2.19. The molecule has 5 heteroatoms. The first-order valence-electron chi connectivity index (χ1n) is 4.92. The summed E-state index contributed by atoms with van der Waals surface area (Å²) in [7, 11) is 0. The van der Waals surface area contributed by atoms with Crippen LogP contribution in [0, 0.1) is 13.7 Å². The highest BCUT2D eigenvalue weighted by molar-refractivity contribution is 14.1. The van der Waals surface area contributed by atoms with Crippen LogP contribution in [0.15, 0.2) is 40.8 Å². The Morgan fingerprint density at radius 3 is 2.71 bits per heavy atom. The Balaban J connectivity index is 2.55. The molecule has 0 N–H and O–H groups in total. The lowest BCUT2D eigenvalue weighted by molar-refractivity contribution is -0.383. The number of rotatable bonds is 1. The number of non-ortho nitro benzene ring substituents is 1. The first-order chi connectivity index (χ1) is 8.16. The van der Waals surface area contributed by atoms with Crippen LogP contribution in [-0.4, -0.2) is 4.92 Å². The second kappa shape index (κ2) is 3.69. The SMILES string of the molecule is O=[N+]([O-])c1cc(I)cc2c1oc1ccccc12. The van der Waals surface area contributed by atoms with E-state index in [1.54, 1.807) is 0 Å². The molecule has 2 aromatic carbocycles. The average Bonchev–Trinajstić information content (AvgIpc) is 2.66. The molecule has 0 radical (unpaired) electrons. The molecule has 17 heavy (non-hydrogen) atoms. The van der Waals surface area contributed by atoms with E-state index in [2.05, 4.69) is 22.6 Å². The van der Waals surface area contributed by atoms with Gasteiger partial charge in [-0.15, -0.1) is 0 Å². The van der Waals surface area contributed by atoms with Gasteiger partial charge in [0.1, 0.15) is 5.58 Å². The van der Waals surface area contributed by atoms with Gasteiger partial charge in [-0.3, -0.25) is 10.1 Å². The lowest BCUT2D eigenvalue weighted by Gasteiger charge is -1.94. The van der Waals surface area contributed by atoms with Crippen LogP contribution in [0.4, 0.5) is 5.69 Å². The highest BCUT2D eigenvalue weighted by Crippen LogP contribution is 2.35. The second-order valence-corrected chi connectivity index (χ2v) is 4.90. The molecule has 4 nitrogen and oxygen atoms in total. The van der Waals surface area contributed by atoms with Crippen LogP contribution in [0.2, 0.25) is 0 Å². The average molecular weight is 339 g/mol. The van der Waals surface area contributed by atoms with Gasteiger partial charge < -0.3 is 4.42 Å². The fraction of sp³-hybridized carbons (Fsp3) is 0. The van der Waals surface area contributed by atoms with E-state index in [-0.39, 0.29) is 5.69 Å². The van der Waals surface area contributed by atoms with E-state index in [1.165, 1.54) is 6.07 Å². The Morgan fingerprint density at radius 1 is 1.18 bits per heavy atom. The van der Waals surface area contributed by atoms with Gasteiger partial charge in [0.2, 0.25) is 5.58 Å². The summed E-state index contributed by atoms with van der Waals surface area (Å²) in [5, 5.41) is 12.7. The standard InChI is InChI=1S/C12H6INO3/c13-7-5-9-8-3-1-2-4-11(8)17-12(9)10(6-7)14(15)16/h1-6H. The van der Waals surface area contributed by atoms with Gasteiger partial charge in [-0.1, -0.05) is 18.2 Å². The van der Waals surface area contributed by atoms with Crippen LogP contribution in [-0.2, 0) is 0 Å². The lowest BCUT2D eigenvalue weighted by atomic mass is 10.1. The van der Waals surface area contributed by atoms with Crippen LogP contribution in [0.1, 0.15) is 0 Å². The van der Waals surface area contributed by atoms with Crippen molar-refractivity contribution in [2.24, 2.45) is 0 Å². The van der Waals surface area contributed by atoms with Crippen molar-refractivity contribution in [3.8, 4) is 0 Å². The lowest BCUT2D eigenvalue weighted by Crippen LogP contribution is -1.88. The van der Waals surface area contributed by atoms with E-state index in [0.717, 1.165) is 14.3 Å². The molecule has 3 rings (SSSR count). The van der Waals surface area contributed by atoms with Crippen LogP contribution >= 0.6 is 22.6 Å². The van der Waals surface area contributed by atoms with Crippen molar-refractivity contribution in [2.45, 2.75) is 0 Å². The van der Waals surface area contributed by atoms with Crippen molar-refractivity contribution in [2.75, 3.05) is 0 Å². The summed E-state index contributed by atoms with van der Waals surface area (Å²) in [6.07, 6.45) is 0. The van der Waals surface area contributed by atoms with Crippen LogP contribution in [0.25, 0.3) is 21.9 Å². The summed E-state index contributed by atoms with van der Waals surface area (Å²) in [5.41, 5.74) is 1.03. The zero-order valence-corrected chi connectivity index (χ0v) is 10.7. The van der Waals surface area contributed by atoms with Gasteiger partial charge in [-0.25, -0.2) is 0 Å². The zero-order valence-electron chi connectivity index (χ0n) is 8.51. The molecule has 3 aromatic rings. The Hall–Kier alpha value is -1.63. The van der Waals surface area contributed by atoms with Gasteiger partial charge in [0.05, 0.1) is 4.92 Å². The molecule has 0 bridgehead atoms. The summed E-state index contributed by atoms with van der Waals surface area (Å²) in [6, 6.07) is 10.9.